The van der Waals surface area contributed by atoms with Crippen molar-refractivity contribution in [1.29, 1.82) is 0 Å². The van der Waals surface area contributed by atoms with Crippen molar-refractivity contribution in [3.63, 3.8) is 0 Å². The first-order chi connectivity index (χ1) is 13.0. The van der Waals surface area contributed by atoms with Crippen LogP contribution in [-0.4, -0.2) is 25.8 Å². The van der Waals surface area contributed by atoms with E-state index in [0.717, 1.165) is 5.69 Å². The third kappa shape index (κ3) is 3.11. The summed E-state index contributed by atoms with van der Waals surface area (Å²) in [7, 11) is 0. The summed E-state index contributed by atoms with van der Waals surface area (Å²) in [6.07, 6.45) is 1.35. The van der Waals surface area contributed by atoms with E-state index in [9.17, 15) is 9.90 Å². The van der Waals surface area contributed by atoms with Crippen molar-refractivity contribution in [3.05, 3.63) is 77.1 Å². The minimum Gasteiger partial charge on any atom is -0.506 e. The molecule has 0 radical (unpaired) electrons. The molecule has 0 aliphatic carbocycles. The third-order valence-corrected chi connectivity index (χ3v) is 4.44. The van der Waals surface area contributed by atoms with Gasteiger partial charge in [-0.05, 0) is 43.3 Å². The second kappa shape index (κ2) is 6.74. The van der Waals surface area contributed by atoms with Crippen LogP contribution in [0.3, 0.4) is 0 Å². The van der Waals surface area contributed by atoms with Crippen LogP contribution in [0.1, 0.15) is 16.1 Å². The van der Waals surface area contributed by atoms with Crippen LogP contribution in [0.25, 0.3) is 16.7 Å². The van der Waals surface area contributed by atoms with Gasteiger partial charge in [0.25, 0.3) is 5.91 Å². The molecule has 2 N–H and O–H groups in total. The number of aryl methyl sites for hydroxylation is 1. The number of benzene rings is 2. The summed E-state index contributed by atoms with van der Waals surface area (Å²) < 4.78 is 1.64. The summed E-state index contributed by atoms with van der Waals surface area (Å²) >= 11 is 5.85. The maximum atomic E-state index is 12.6. The molecule has 6 nitrogen and oxygen atoms in total. The van der Waals surface area contributed by atoms with Crippen molar-refractivity contribution in [2.45, 2.75) is 6.92 Å². The number of pyridine rings is 1. The number of nitrogens with zero attached hydrogens (tertiary/aromatic N) is 3. The van der Waals surface area contributed by atoms with Crippen molar-refractivity contribution >= 4 is 34.2 Å². The van der Waals surface area contributed by atoms with Crippen molar-refractivity contribution in [2.24, 2.45) is 0 Å². The maximum Gasteiger partial charge on any atom is 0.261 e. The van der Waals surface area contributed by atoms with Crippen LogP contribution in [0.2, 0.25) is 5.02 Å². The molecule has 27 heavy (non-hydrogen) atoms. The van der Waals surface area contributed by atoms with E-state index in [1.165, 1.54) is 6.20 Å². The Balaban J connectivity index is 1.75. The Morgan fingerprint density at radius 1 is 1.11 bits per heavy atom. The Morgan fingerprint density at radius 3 is 2.52 bits per heavy atom. The van der Waals surface area contributed by atoms with E-state index in [-0.39, 0.29) is 11.3 Å². The van der Waals surface area contributed by atoms with Gasteiger partial charge < -0.3 is 10.4 Å². The molecule has 0 fully saturated rings. The van der Waals surface area contributed by atoms with Crippen LogP contribution in [0, 0.1) is 6.92 Å². The average Bonchev–Trinajstić information content (AvgIpc) is 3.02. The van der Waals surface area contributed by atoms with Gasteiger partial charge in [-0.1, -0.05) is 29.8 Å². The third-order valence-electron chi connectivity index (χ3n) is 4.19. The first-order valence-corrected chi connectivity index (χ1v) is 8.62. The predicted molar refractivity (Wildman–Crippen MR) is 105 cm³/mol. The molecule has 0 aliphatic rings. The van der Waals surface area contributed by atoms with E-state index in [1.54, 1.807) is 35.9 Å². The summed E-state index contributed by atoms with van der Waals surface area (Å²) in [6, 6.07) is 16.2. The van der Waals surface area contributed by atoms with Crippen LogP contribution in [0.15, 0.2) is 60.8 Å². The molecule has 7 heteroatoms. The maximum absolute atomic E-state index is 12.6. The SMILES string of the molecule is Cc1nn(-c2ccccc2)c2ncc(C(=O)Nc3ccc(Cl)cc3)c(O)c12. The minimum atomic E-state index is -0.462. The summed E-state index contributed by atoms with van der Waals surface area (Å²) in [4.78, 5) is 17.0. The van der Waals surface area contributed by atoms with Gasteiger partial charge in [0.2, 0.25) is 0 Å². The molecule has 2 heterocycles. The van der Waals surface area contributed by atoms with E-state index in [4.69, 9.17) is 11.6 Å². The molecule has 0 saturated heterocycles. The van der Waals surface area contributed by atoms with Gasteiger partial charge in [0.1, 0.15) is 11.3 Å². The zero-order valence-electron chi connectivity index (χ0n) is 14.3. The fraction of sp³-hybridized carbons (Fsp3) is 0.0500. The lowest BCUT2D eigenvalue weighted by molar-refractivity contribution is 0.102. The number of carbonyl (C=O) groups is 1. The quantitative estimate of drug-likeness (QED) is 0.555. The number of nitrogens with one attached hydrogen (secondary N) is 1. The normalized spacial score (nSPS) is 10.9. The Morgan fingerprint density at radius 2 is 1.81 bits per heavy atom. The van der Waals surface area contributed by atoms with Crippen molar-refractivity contribution in [2.75, 3.05) is 5.32 Å². The van der Waals surface area contributed by atoms with Gasteiger partial charge in [0.15, 0.2) is 5.65 Å². The fourth-order valence-corrected chi connectivity index (χ4v) is 3.01. The van der Waals surface area contributed by atoms with E-state index in [1.807, 2.05) is 30.3 Å². The molecule has 0 saturated carbocycles. The molecular formula is C20H15ClN4O2. The molecule has 2 aromatic heterocycles. The molecular weight excluding hydrogens is 364 g/mol. The minimum absolute atomic E-state index is 0.0770. The predicted octanol–water partition coefficient (Wildman–Crippen LogP) is 4.34. The highest BCUT2D eigenvalue weighted by Crippen LogP contribution is 2.31. The van der Waals surface area contributed by atoms with Crippen LogP contribution in [-0.2, 0) is 0 Å². The smallest absolute Gasteiger partial charge is 0.261 e. The Hall–Kier alpha value is -3.38. The van der Waals surface area contributed by atoms with E-state index < -0.39 is 5.91 Å². The Labute approximate surface area is 160 Å². The number of aromatic hydroxyl groups is 1. The molecule has 0 unspecified atom stereocenters. The standard InChI is InChI=1S/C20H15ClN4O2/c1-12-17-18(26)16(20(27)23-14-9-7-13(21)8-10-14)11-22-19(17)25(24-12)15-5-3-2-4-6-15/h2-11H,1H3,(H,22,26)(H,23,27). The molecule has 0 aliphatic heterocycles. The summed E-state index contributed by atoms with van der Waals surface area (Å²) in [5, 5.41) is 18.9. The van der Waals surface area contributed by atoms with Gasteiger partial charge in [-0.15, -0.1) is 0 Å². The van der Waals surface area contributed by atoms with Crippen molar-refractivity contribution in [3.8, 4) is 11.4 Å². The number of hydrogen-bond donors (Lipinski definition) is 2. The number of carbonyl (C=O) groups excluding carboxylic acids is 1. The Kier molecular flexibility index (Phi) is 4.25. The molecule has 2 aromatic carbocycles. The number of para-hydroxylation sites is 1. The number of anilines is 1. The van der Waals surface area contributed by atoms with Crippen LogP contribution >= 0.6 is 11.6 Å². The molecule has 1 amide bonds. The van der Waals surface area contributed by atoms with Gasteiger partial charge in [-0.2, -0.15) is 5.10 Å². The zero-order valence-corrected chi connectivity index (χ0v) is 15.1. The zero-order chi connectivity index (χ0) is 19.0. The molecule has 0 spiro atoms. The Bertz CT molecular complexity index is 1140. The summed E-state index contributed by atoms with van der Waals surface area (Å²) in [5.41, 5.74) is 2.54. The summed E-state index contributed by atoms with van der Waals surface area (Å²) in [6.45, 7) is 1.77. The highest BCUT2D eigenvalue weighted by molar-refractivity contribution is 6.30. The molecule has 4 aromatic rings. The molecule has 134 valence electrons. The van der Waals surface area contributed by atoms with Gasteiger partial charge in [0, 0.05) is 16.9 Å². The number of halogens is 1. The highest BCUT2D eigenvalue weighted by Gasteiger charge is 2.20. The van der Waals surface area contributed by atoms with E-state index in [0.29, 0.717) is 27.4 Å². The average molecular weight is 379 g/mol. The van der Waals surface area contributed by atoms with Crippen LogP contribution in [0.5, 0.6) is 5.75 Å². The van der Waals surface area contributed by atoms with Crippen LogP contribution < -0.4 is 5.32 Å². The van der Waals surface area contributed by atoms with Gasteiger partial charge in [-0.3, -0.25) is 4.79 Å². The first-order valence-electron chi connectivity index (χ1n) is 8.24. The highest BCUT2D eigenvalue weighted by atomic mass is 35.5. The van der Waals surface area contributed by atoms with Crippen molar-refractivity contribution in [1.82, 2.24) is 14.8 Å². The second-order valence-electron chi connectivity index (χ2n) is 6.01. The lowest BCUT2D eigenvalue weighted by atomic mass is 10.1. The van der Waals surface area contributed by atoms with E-state index in [2.05, 4.69) is 15.4 Å². The lowest BCUT2D eigenvalue weighted by Gasteiger charge is -2.08. The van der Waals surface area contributed by atoms with Gasteiger partial charge in [0.05, 0.1) is 16.8 Å². The number of aromatic nitrogens is 3. The molecule has 4 rings (SSSR count). The monoisotopic (exact) mass is 378 g/mol. The largest absolute Gasteiger partial charge is 0.506 e. The second-order valence-corrected chi connectivity index (χ2v) is 6.45. The fourth-order valence-electron chi connectivity index (χ4n) is 2.88. The van der Waals surface area contributed by atoms with Crippen LogP contribution in [0.4, 0.5) is 5.69 Å². The van der Waals surface area contributed by atoms with Gasteiger partial charge >= 0.3 is 0 Å². The van der Waals surface area contributed by atoms with Crippen molar-refractivity contribution < 1.29 is 9.90 Å². The first kappa shape index (κ1) is 17.1. The lowest BCUT2D eigenvalue weighted by Crippen LogP contribution is -2.12. The van der Waals surface area contributed by atoms with Gasteiger partial charge in [-0.25, -0.2) is 9.67 Å². The molecule has 0 atom stereocenters. The van der Waals surface area contributed by atoms with E-state index >= 15 is 0 Å². The number of amides is 1. The number of fused-ring (bicyclic) bond motifs is 1. The summed E-state index contributed by atoms with van der Waals surface area (Å²) in [5.74, 6) is -0.609. The topological polar surface area (TPSA) is 80.0 Å². The number of hydrogen-bond acceptors (Lipinski definition) is 4. The molecule has 0 bridgehead atoms. The number of rotatable bonds is 3.